The van der Waals surface area contributed by atoms with Crippen LogP contribution in [0.3, 0.4) is 0 Å². The van der Waals surface area contributed by atoms with Gasteiger partial charge in [-0.1, -0.05) is 18.2 Å². The third kappa shape index (κ3) is 3.55. The van der Waals surface area contributed by atoms with Crippen molar-refractivity contribution < 1.29 is 4.79 Å². The monoisotopic (exact) mass is 425 g/mol. The summed E-state index contributed by atoms with van der Waals surface area (Å²) < 4.78 is 3.03. The highest BCUT2D eigenvalue weighted by atomic mass is 79.9. The first-order chi connectivity index (χ1) is 13.0. The third-order valence-corrected chi connectivity index (χ3v) is 5.59. The molecule has 0 saturated carbocycles. The number of carbonyl (C=O) groups excluding carboxylic acids is 1. The standard InChI is InChI=1S/C21H20BrN3O2/c1-14(26)23-19-7-2-4-15-12-24(10-8-16(15)19)13-25-11-9-20(27)17-5-3-6-18(22)21(17)25/h2-7,9,11H,8,10,12-13H2,1H3,(H,23,26). The lowest BCUT2D eigenvalue weighted by atomic mass is 9.98. The molecule has 1 N–H and O–H groups in total. The van der Waals surface area contributed by atoms with Gasteiger partial charge >= 0.3 is 0 Å². The summed E-state index contributed by atoms with van der Waals surface area (Å²) in [5, 5.41) is 3.65. The third-order valence-electron chi connectivity index (χ3n) is 4.95. The van der Waals surface area contributed by atoms with Crippen molar-refractivity contribution >= 4 is 38.4 Å². The average molecular weight is 426 g/mol. The highest BCUT2D eigenvalue weighted by Crippen LogP contribution is 2.27. The van der Waals surface area contributed by atoms with Crippen molar-refractivity contribution in [2.24, 2.45) is 0 Å². The molecule has 2 heterocycles. The number of pyridine rings is 1. The van der Waals surface area contributed by atoms with Gasteiger partial charge in [0.05, 0.1) is 12.2 Å². The zero-order chi connectivity index (χ0) is 19.0. The molecule has 6 heteroatoms. The van der Waals surface area contributed by atoms with E-state index < -0.39 is 0 Å². The number of anilines is 1. The number of benzene rings is 2. The normalized spacial score (nSPS) is 14.1. The van der Waals surface area contributed by atoms with Crippen molar-refractivity contribution in [3.8, 4) is 0 Å². The number of hydrogen-bond donors (Lipinski definition) is 1. The van der Waals surface area contributed by atoms with Gasteiger partial charge in [-0.25, -0.2) is 0 Å². The van der Waals surface area contributed by atoms with E-state index in [-0.39, 0.29) is 11.3 Å². The van der Waals surface area contributed by atoms with Gasteiger partial charge in [-0.3, -0.25) is 14.5 Å². The summed E-state index contributed by atoms with van der Waals surface area (Å²) in [5.74, 6) is -0.0459. The quantitative estimate of drug-likeness (QED) is 0.695. The molecule has 4 rings (SSSR count). The van der Waals surface area contributed by atoms with Gasteiger partial charge in [0.25, 0.3) is 0 Å². The minimum atomic E-state index is -0.0459. The number of amides is 1. The van der Waals surface area contributed by atoms with Crippen LogP contribution in [0.4, 0.5) is 5.69 Å². The second-order valence-corrected chi connectivity index (χ2v) is 7.71. The molecule has 5 nitrogen and oxygen atoms in total. The predicted octanol–water partition coefficient (Wildman–Crippen LogP) is 3.74. The number of para-hydroxylation sites is 1. The molecule has 1 aromatic heterocycles. The van der Waals surface area contributed by atoms with Gasteiger partial charge < -0.3 is 9.88 Å². The molecule has 138 valence electrons. The summed E-state index contributed by atoms with van der Waals surface area (Å²) in [4.78, 5) is 26.0. The maximum absolute atomic E-state index is 12.2. The zero-order valence-corrected chi connectivity index (χ0v) is 16.6. The number of aromatic nitrogens is 1. The van der Waals surface area contributed by atoms with Gasteiger partial charge in [0.15, 0.2) is 5.43 Å². The summed E-state index contributed by atoms with van der Waals surface area (Å²) in [6, 6.07) is 13.4. The van der Waals surface area contributed by atoms with Crippen LogP contribution in [-0.4, -0.2) is 21.9 Å². The van der Waals surface area contributed by atoms with Crippen LogP contribution in [0.15, 0.2) is 57.9 Å². The molecular weight excluding hydrogens is 406 g/mol. The summed E-state index contributed by atoms with van der Waals surface area (Å²) in [6.45, 7) is 3.93. The fourth-order valence-corrected chi connectivity index (χ4v) is 4.35. The largest absolute Gasteiger partial charge is 0.333 e. The first-order valence-corrected chi connectivity index (χ1v) is 9.70. The van der Waals surface area contributed by atoms with Crippen LogP contribution >= 0.6 is 15.9 Å². The summed E-state index contributed by atoms with van der Waals surface area (Å²) in [7, 11) is 0. The van der Waals surface area contributed by atoms with Crippen molar-refractivity contribution in [1.29, 1.82) is 0 Å². The van der Waals surface area contributed by atoms with Gasteiger partial charge in [-0.2, -0.15) is 0 Å². The summed E-state index contributed by atoms with van der Waals surface area (Å²) in [6.07, 6.45) is 2.74. The molecule has 0 bridgehead atoms. The Labute approximate surface area is 165 Å². The summed E-state index contributed by atoms with van der Waals surface area (Å²) in [5.41, 5.74) is 4.32. The second-order valence-electron chi connectivity index (χ2n) is 6.85. The molecule has 1 aliphatic rings. The van der Waals surface area contributed by atoms with E-state index in [1.807, 2.05) is 36.5 Å². The molecule has 0 atom stereocenters. The molecule has 27 heavy (non-hydrogen) atoms. The molecule has 0 spiro atoms. The van der Waals surface area contributed by atoms with Crippen LogP contribution in [-0.2, 0) is 24.4 Å². The van der Waals surface area contributed by atoms with E-state index in [0.717, 1.165) is 40.6 Å². The number of halogens is 1. The lowest BCUT2D eigenvalue weighted by molar-refractivity contribution is -0.114. The number of fused-ring (bicyclic) bond motifs is 2. The van der Waals surface area contributed by atoms with Crippen molar-refractivity contribution in [3.05, 3.63) is 74.5 Å². The SMILES string of the molecule is CC(=O)Nc1cccc2c1CCN(Cn1ccc(=O)c3cccc(Br)c31)C2. The van der Waals surface area contributed by atoms with Gasteiger partial charge in [0.2, 0.25) is 5.91 Å². The van der Waals surface area contributed by atoms with Gasteiger partial charge in [-0.15, -0.1) is 0 Å². The highest BCUT2D eigenvalue weighted by molar-refractivity contribution is 9.10. The Bertz CT molecular complexity index is 1090. The van der Waals surface area contributed by atoms with Crippen molar-refractivity contribution in [3.63, 3.8) is 0 Å². The van der Waals surface area contributed by atoms with Crippen LogP contribution in [0.5, 0.6) is 0 Å². The minimum Gasteiger partial charge on any atom is -0.333 e. The number of nitrogens with zero attached hydrogens (tertiary/aromatic N) is 2. The lowest BCUT2D eigenvalue weighted by Gasteiger charge is -2.31. The Morgan fingerprint density at radius 3 is 2.81 bits per heavy atom. The molecule has 1 amide bonds. The van der Waals surface area contributed by atoms with E-state index in [1.165, 1.54) is 18.1 Å². The Hall–Kier alpha value is -2.44. The highest BCUT2D eigenvalue weighted by Gasteiger charge is 2.20. The fourth-order valence-electron chi connectivity index (χ4n) is 3.76. The molecule has 1 aliphatic heterocycles. The molecule has 0 aliphatic carbocycles. The van der Waals surface area contributed by atoms with E-state index in [0.29, 0.717) is 6.67 Å². The summed E-state index contributed by atoms with van der Waals surface area (Å²) >= 11 is 3.59. The number of rotatable bonds is 3. The van der Waals surface area contributed by atoms with E-state index >= 15 is 0 Å². The van der Waals surface area contributed by atoms with Crippen molar-refractivity contribution in [2.45, 2.75) is 26.6 Å². The van der Waals surface area contributed by atoms with E-state index in [1.54, 1.807) is 6.07 Å². The van der Waals surface area contributed by atoms with Crippen LogP contribution in [0, 0.1) is 0 Å². The van der Waals surface area contributed by atoms with Crippen LogP contribution in [0.25, 0.3) is 10.9 Å². The molecule has 3 aromatic rings. The zero-order valence-electron chi connectivity index (χ0n) is 15.0. The molecule has 2 aromatic carbocycles. The maximum atomic E-state index is 12.2. The maximum Gasteiger partial charge on any atom is 0.221 e. The Morgan fingerprint density at radius 2 is 2.00 bits per heavy atom. The Kier molecular flexibility index (Phi) is 4.85. The van der Waals surface area contributed by atoms with Crippen LogP contribution in [0.2, 0.25) is 0 Å². The van der Waals surface area contributed by atoms with Crippen LogP contribution in [0.1, 0.15) is 18.1 Å². The molecule has 0 fully saturated rings. The second kappa shape index (κ2) is 7.29. The van der Waals surface area contributed by atoms with E-state index in [4.69, 9.17) is 0 Å². The number of hydrogen-bond acceptors (Lipinski definition) is 3. The van der Waals surface area contributed by atoms with Crippen molar-refractivity contribution in [2.75, 3.05) is 11.9 Å². The Balaban J connectivity index is 1.63. The van der Waals surface area contributed by atoms with Gasteiger partial charge in [0, 0.05) is 47.8 Å². The first-order valence-electron chi connectivity index (χ1n) is 8.91. The first kappa shape index (κ1) is 17.9. The fraction of sp³-hybridized carbons (Fsp3) is 0.238. The Morgan fingerprint density at radius 1 is 1.19 bits per heavy atom. The van der Waals surface area contributed by atoms with Crippen molar-refractivity contribution in [1.82, 2.24) is 9.47 Å². The molecule has 0 saturated heterocycles. The van der Waals surface area contributed by atoms with Crippen LogP contribution < -0.4 is 10.7 Å². The number of nitrogens with one attached hydrogen (secondary N) is 1. The van der Waals surface area contributed by atoms with E-state index in [2.05, 4.69) is 36.8 Å². The predicted molar refractivity (Wildman–Crippen MR) is 111 cm³/mol. The number of carbonyl (C=O) groups is 1. The minimum absolute atomic E-state index is 0.0338. The molecular formula is C21H20BrN3O2. The van der Waals surface area contributed by atoms with E-state index in [9.17, 15) is 9.59 Å². The smallest absolute Gasteiger partial charge is 0.221 e. The van der Waals surface area contributed by atoms with Gasteiger partial charge in [0.1, 0.15) is 0 Å². The molecule has 0 unspecified atom stereocenters. The topological polar surface area (TPSA) is 54.3 Å². The van der Waals surface area contributed by atoms with Gasteiger partial charge in [-0.05, 0) is 51.7 Å². The average Bonchev–Trinajstić information content (AvgIpc) is 2.64. The molecule has 0 radical (unpaired) electrons. The lowest BCUT2D eigenvalue weighted by Crippen LogP contribution is -2.33.